The molecule has 0 aromatic carbocycles. The quantitative estimate of drug-likeness (QED) is 0.682. The molecule has 1 atom stereocenters. The van der Waals surface area contributed by atoms with E-state index in [1.807, 2.05) is 0 Å². The van der Waals surface area contributed by atoms with Gasteiger partial charge in [-0.1, -0.05) is 6.92 Å². The molecule has 1 amide bonds. The van der Waals surface area contributed by atoms with Gasteiger partial charge < -0.3 is 15.0 Å². The monoisotopic (exact) mass is 198 g/mol. The molecule has 2 aliphatic rings. The minimum absolute atomic E-state index is 0.0546. The predicted molar refractivity (Wildman–Crippen MR) is 53.2 cm³/mol. The maximum absolute atomic E-state index is 11.0. The molecule has 0 aromatic heterocycles. The van der Waals surface area contributed by atoms with Crippen molar-refractivity contribution in [3.8, 4) is 0 Å². The van der Waals surface area contributed by atoms with Gasteiger partial charge in [0.05, 0.1) is 5.54 Å². The van der Waals surface area contributed by atoms with Crippen LogP contribution in [0.1, 0.15) is 26.2 Å². The van der Waals surface area contributed by atoms with Crippen LogP contribution in [0.15, 0.2) is 0 Å². The number of likely N-dealkylation sites (tertiary alicyclic amines) is 1. The first-order valence-corrected chi connectivity index (χ1v) is 5.41. The molecule has 2 rings (SSSR count). The summed E-state index contributed by atoms with van der Waals surface area (Å²) >= 11 is 0. The summed E-state index contributed by atoms with van der Waals surface area (Å²) in [5, 5.41) is 2.97. The van der Waals surface area contributed by atoms with Crippen LogP contribution in [0, 0.1) is 0 Å². The second-order valence-corrected chi connectivity index (χ2v) is 4.27. The van der Waals surface area contributed by atoms with E-state index in [2.05, 4.69) is 17.1 Å². The largest absolute Gasteiger partial charge is 0.447 e. The van der Waals surface area contributed by atoms with Crippen molar-refractivity contribution in [2.24, 2.45) is 0 Å². The van der Waals surface area contributed by atoms with Crippen LogP contribution < -0.4 is 5.32 Å². The Balaban J connectivity index is 1.97. The first-order valence-electron chi connectivity index (χ1n) is 5.41. The molecule has 4 heteroatoms. The number of carbonyl (C=O) groups is 1. The molecular formula is C10H18N2O2. The van der Waals surface area contributed by atoms with Crippen LogP contribution in [0.25, 0.3) is 0 Å². The van der Waals surface area contributed by atoms with Crippen LogP contribution in [0.4, 0.5) is 4.79 Å². The lowest BCUT2D eigenvalue weighted by Gasteiger charge is -2.24. The number of nitrogens with one attached hydrogen (secondary N) is 1. The Hall–Kier alpha value is -0.770. The second kappa shape index (κ2) is 3.77. The number of hydrogen-bond donors (Lipinski definition) is 1. The fraction of sp³-hybridized carbons (Fsp3) is 0.900. The van der Waals surface area contributed by atoms with Gasteiger partial charge in [0.15, 0.2) is 0 Å². The minimum atomic E-state index is -0.241. The lowest BCUT2D eigenvalue weighted by Crippen LogP contribution is -2.44. The van der Waals surface area contributed by atoms with E-state index in [1.165, 1.54) is 0 Å². The molecule has 0 radical (unpaired) electrons. The fourth-order valence-corrected chi connectivity index (χ4v) is 2.33. The van der Waals surface area contributed by atoms with E-state index in [0.717, 1.165) is 38.9 Å². The minimum Gasteiger partial charge on any atom is -0.447 e. The first kappa shape index (κ1) is 9.77. The van der Waals surface area contributed by atoms with Crippen LogP contribution in [0.3, 0.4) is 0 Å². The standard InChI is InChI=1S/C10H18N2O2/c1-2-12-6-3-4-10(5-7-12)8-14-9(13)11-10/h2-8H2,1H3,(H,11,13). The Kier molecular flexibility index (Phi) is 2.63. The van der Waals surface area contributed by atoms with Gasteiger partial charge in [0, 0.05) is 6.54 Å². The molecule has 14 heavy (non-hydrogen) atoms. The van der Waals surface area contributed by atoms with Crippen LogP contribution in [-0.4, -0.2) is 42.8 Å². The molecule has 0 bridgehead atoms. The molecule has 0 aliphatic carbocycles. The average molecular weight is 198 g/mol. The first-order chi connectivity index (χ1) is 6.74. The van der Waals surface area contributed by atoms with Gasteiger partial charge in [-0.15, -0.1) is 0 Å². The fourth-order valence-electron chi connectivity index (χ4n) is 2.33. The third-order valence-electron chi connectivity index (χ3n) is 3.33. The highest BCUT2D eigenvalue weighted by atomic mass is 16.6. The lowest BCUT2D eigenvalue weighted by molar-refractivity contribution is 0.170. The van der Waals surface area contributed by atoms with Gasteiger partial charge in [-0.3, -0.25) is 0 Å². The Morgan fingerprint density at radius 1 is 1.50 bits per heavy atom. The van der Waals surface area contributed by atoms with E-state index < -0.39 is 0 Å². The van der Waals surface area contributed by atoms with Gasteiger partial charge in [0.25, 0.3) is 0 Å². The van der Waals surface area contributed by atoms with Crippen LogP contribution in [0.2, 0.25) is 0 Å². The van der Waals surface area contributed by atoms with Crippen molar-refractivity contribution in [1.82, 2.24) is 10.2 Å². The summed E-state index contributed by atoms with van der Waals surface area (Å²) in [6, 6.07) is 0. The molecule has 2 fully saturated rings. The normalized spacial score (nSPS) is 33.9. The van der Waals surface area contributed by atoms with Gasteiger partial charge in [-0.25, -0.2) is 4.79 Å². The zero-order chi connectivity index (χ0) is 10.0. The van der Waals surface area contributed by atoms with Crippen molar-refractivity contribution >= 4 is 6.09 Å². The molecule has 0 saturated carbocycles. The smallest absolute Gasteiger partial charge is 0.407 e. The van der Waals surface area contributed by atoms with E-state index in [1.54, 1.807) is 0 Å². The van der Waals surface area contributed by atoms with Crippen molar-refractivity contribution in [3.05, 3.63) is 0 Å². The zero-order valence-electron chi connectivity index (χ0n) is 8.71. The van der Waals surface area contributed by atoms with E-state index in [9.17, 15) is 4.79 Å². The molecule has 2 aliphatic heterocycles. The molecular weight excluding hydrogens is 180 g/mol. The number of amides is 1. The lowest BCUT2D eigenvalue weighted by atomic mass is 9.92. The highest BCUT2D eigenvalue weighted by Gasteiger charge is 2.40. The maximum Gasteiger partial charge on any atom is 0.407 e. The highest BCUT2D eigenvalue weighted by molar-refractivity contribution is 5.70. The SMILES string of the molecule is CCN1CCCC2(CC1)COC(=O)N2. The van der Waals surface area contributed by atoms with E-state index in [0.29, 0.717) is 6.61 Å². The molecule has 2 heterocycles. The number of carbonyl (C=O) groups excluding carboxylic acids is 1. The average Bonchev–Trinajstić information content (AvgIpc) is 2.44. The molecule has 4 nitrogen and oxygen atoms in total. The Morgan fingerprint density at radius 3 is 3.00 bits per heavy atom. The number of nitrogens with zero attached hydrogens (tertiary/aromatic N) is 1. The van der Waals surface area contributed by atoms with Crippen molar-refractivity contribution in [3.63, 3.8) is 0 Å². The maximum atomic E-state index is 11.0. The van der Waals surface area contributed by atoms with Gasteiger partial charge in [-0.05, 0) is 32.4 Å². The molecule has 80 valence electrons. The second-order valence-electron chi connectivity index (χ2n) is 4.27. The number of ether oxygens (including phenoxy) is 1. The van der Waals surface area contributed by atoms with Gasteiger partial charge in [0.1, 0.15) is 6.61 Å². The van der Waals surface area contributed by atoms with Crippen LogP contribution >= 0.6 is 0 Å². The molecule has 1 N–H and O–H groups in total. The van der Waals surface area contributed by atoms with Crippen molar-refractivity contribution < 1.29 is 9.53 Å². The zero-order valence-corrected chi connectivity index (χ0v) is 8.71. The van der Waals surface area contributed by atoms with Gasteiger partial charge in [-0.2, -0.15) is 0 Å². The van der Waals surface area contributed by atoms with Crippen molar-refractivity contribution in [1.29, 1.82) is 0 Å². The molecule has 1 unspecified atom stereocenters. The summed E-state index contributed by atoms with van der Waals surface area (Å²) in [5.41, 5.74) is -0.0546. The van der Waals surface area contributed by atoms with E-state index >= 15 is 0 Å². The summed E-state index contributed by atoms with van der Waals surface area (Å²) in [7, 11) is 0. The summed E-state index contributed by atoms with van der Waals surface area (Å²) in [4.78, 5) is 13.5. The number of alkyl carbamates (subject to hydrolysis) is 1. The summed E-state index contributed by atoms with van der Waals surface area (Å²) in [5.74, 6) is 0. The molecule has 0 aromatic rings. The Labute approximate surface area is 84.6 Å². The molecule has 2 saturated heterocycles. The van der Waals surface area contributed by atoms with Crippen molar-refractivity contribution in [2.45, 2.75) is 31.7 Å². The number of rotatable bonds is 1. The summed E-state index contributed by atoms with van der Waals surface area (Å²) < 4.78 is 5.00. The highest BCUT2D eigenvalue weighted by Crippen LogP contribution is 2.26. The van der Waals surface area contributed by atoms with Gasteiger partial charge in [0.2, 0.25) is 0 Å². The van der Waals surface area contributed by atoms with Crippen LogP contribution in [-0.2, 0) is 4.74 Å². The van der Waals surface area contributed by atoms with E-state index in [-0.39, 0.29) is 11.6 Å². The topological polar surface area (TPSA) is 41.6 Å². The predicted octanol–water partition coefficient (Wildman–Crippen LogP) is 0.971. The summed E-state index contributed by atoms with van der Waals surface area (Å²) in [6.07, 6.45) is 2.98. The number of cyclic esters (lactones) is 1. The summed E-state index contributed by atoms with van der Waals surface area (Å²) in [6.45, 7) is 6.06. The van der Waals surface area contributed by atoms with Crippen LogP contribution in [0.5, 0.6) is 0 Å². The number of hydrogen-bond acceptors (Lipinski definition) is 3. The van der Waals surface area contributed by atoms with E-state index in [4.69, 9.17) is 4.74 Å². The van der Waals surface area contributed by atoms with Crippen molar-refractivity contribution in [2.75, 3.05) is 26.2 Å². The third-order valence-corrected chi connectivity index (χ3v) is 3.33. The van der Waals surface area contributed by atoms with Gasteiger partial charge >= 0.3 is 6.09 Å². The Bertz CT molecular complexity index is 232. The third kappa shape index (κ3) is 1.85. The molecule has 1 spiro atoms. The Morgan fingerprint density at radius 2 is 2.36 bits per heavy atom.